The van der Waals surface area contributed by atoms with Crippen molar-refractivity contribution in [3.63, 3.8) is 0 Å². The fraction of sp³-hybridized carbons (Fsp3) is 0.545. The van der Waals surface area contributed by atoms with E-state index in [0.717, 1.165) is 5.57 Å². The molecule has 0 aromatic heterocycles. The Kier molecular flexibility index (Phi) is 6.01. The molecule has 3 aliphatic heterocycles. The molecular weight excluding hydrogens is 540 g/mol. The van der Waals surface area contributed by atoms with E-state index < -0.39 is 52.1 Å². The Morgan fingerprint density at radius 2 is 1.83 bits per heavy atom. The summed E-state index contributed by atoms with van der Waals surface area (Å²) in [6.07, 6.45) is 5.31. The van der Waals surface area contributed by atoms with Crippen molar-refractivity contribution in [1.29, 1.82) is 0 Å². The average molecular weight is 579 g/mol. The number of carbonyl (C=O) groups is 3. The van der Waals surface area contributed by atoms with Crippen molar-refractivity contribution >= 4 is 17.5 Å². The zero-order valence-corrected chi connectivity index (χ0v) is 25.1. The van der Waals surface area contributed by atoms with Gasteiger partial charge in [0, 0.05) is 47.0 Å². The molecule has 3 heterocycles. The van der Waals surface area contributed by atoms with Gasteiger partial charge < -0.3 is 29.5 Å². The number of ether oxygens (including phenoxy) is 3. The van der Waals surface area contributed by atoms with E-state index >= 15 is 0 Å². The molecule has 1 aromatic rings. The third-order valence-corrected chi connectivity index (χ3v) is 9.85. The van der Waals surface area contributed by atoms with Gasteiger partial charge in [-0.2, -0.15) is 0 Å². The fourth-order valence-electron chi connectivity index (χ4n) is 7.72. The molecule has 7 rings (SSSR count). The second kappa shape index (κ2) is 8.80. The lowest BCUT2D eigenvalue weighted by Gasteiger charge is -2.56. The first-order valence-corrected chi connectivity index (χ1v) is 14.5. The highest BCUT2D eigenvalue weighted by Crippen LogP contribution is 2.68. The van der Waals surface area contributed by atoms with Crippen LogP contribution in [-0.2, 0) is 27.2 Å². The smallest absolute Gasteiger partial charge is 0.330 e. The number of carbonyl (C=O) groups excluding carboxylic acids is 2. The van der Waals surface area contributed by atoms with Gasteiger partial charge in [-0.1, -0.05) is 23.8 Å². The predicted octanol–water partition coefficient (Wildman–Crippen LogP) is 4.40. The van der Waals surface area contributed by atoms with E-state index in [-0.39, 0.29) is 46.8 Å². The molecule has 9 nitrogen and oxygen atoms in total. The van der Waals surface area contributed by atoms with Gasteiger partial charge in [-0.3, -0.25) is 9.59 Å². The fourth-order valence-corrected chi connectivity index (χ4v) is 7.72. The Hall–Kier alpha value is -3.43. The van der Waals surface area contributed by atoms with Gasteiger partial charge in [0.2, 0.25) is 0 Å². The van der Waals surface area contributed by atoms with Gasteiger partial charge in [-0.15, -0.1) is 0 Å². The summed E-state index contributed by atoms with van der Waals surface area (Å²) in [5.74, 6) is -2.54. The first kappa shape index (κ1) is 28.7. The van der Waals surface area contributed by atoms with Crippen LogP contribution in [0.2, 0.25) is 0 Å². The summed E-state index contributed by atoms with van der Waals surface area (Å²) in [6, 6.07) is 0. The van der Waals surface area contributed by atoms with Crippen LogP contribution in [0.1, 0.15) is 82.8 Å². The van der Waals surface area contributed by atoms with Crippen molar-refractivity contribution in [2.24, 2.45) is 11.8 Å². The lowest BCUT2D eigenvalue weighted by molar-refractivity contribution is -0.171. The second-order valence-electron chi connectivity index (χ2n) is 13.7. The SMILES string of the molecule is CC(C)=CCc1c2c(c(O)c3c1O[C@@]14C(=C[C@H]5C[C@@H]1C(C)(C)O[C@]4(C/C=C(/C)C(=O)O)C5=O)C3=O)CC(C(C)(C)O)O2. The zero-order chi connectivity index (χ0) is 30.7. The minimum atomic E-state index is -1.64. The molecule has 1 saturated heterocycles. The molecule has 3 N–H and O–H groups in total. The number of carboxylic acid groups (broad SMARTS) is 1. The first-order chi connectivity index (χ1) is 19.5. The van der Waals surface area contributed by atoms with Crippen molar-refractivity contribution in [2.75, 3.05) is 0 Å². The van der Waals surface area contributed by atoms with Gasteiger partial charge in [0.05, 0.1) is 11.2 Å². The minimum Gasteiger partial charge on any atom is -0.507 e. The lowest BCUT2D eigenvalue weighted by Crippen LogP contribution is -2.72. The maximum absolute atomic E-state index is 14.6. The van der Waals surface area contributed by atoms with Gasteiger partial charge in [0.25, 0.3) is 0 Å². The number of phenols is 1. The molecule has 1 aromatic carbocycles. The molecule has 2 fully saturated rings. The van der Waals surface area contributed by atoms with Crippen LogP contribution in [0.4, 0.5) is 0 Å². The van der Waals surface area contributed by atoms with Crippen molar-refractivity contribution < 1.29 is 43.9 Å². The molecule has 224 valence electrons. The maximum atomic E-state index is 14.6. The number of carboxylic acids is 1. The molecule has 9 heteroatoms. The molecule has 1 spiro atoms. The van der Waals surface area contributed by atoms with E-state index in [2.05, 4.69) is 0 Å². The van der Waals surface area contributed by atoms with Crippen molar-refractivity contribution in [2.45, 2.75) is 103 Å². The third kappa shape index (κ3) is 3.59. The third-order valence-electron chi connectivity index (χ3n) is 9.85. The quantitative estimate of drug-likeness (QED) is 0.331. The average Bonchev–Trinajstić information content (AvgIpc) is 3.40. The number of benzene rings is 1. The maximum Gasteiger partial charge on any atom is 0.330 e. The molecule has 1 saturated carbocycles. The van der Waals surface area contributed by atoms with E-state index in [4.69, 9.17) is 14.2 Å². The highest BCUT2D eigenvalue weighted by atomic mass is 16.6. The van der Waals surface area contributed by atoms with Gasteiger partial charge in [-0.05, 0) is 61.3 Å². The predicted molar refractivity (Wildman–Crippen MR) is 152 cm³/mol. The molecule has 42 heavy (non-hydrogen) atoms. The number of hydrogen-bond donors (Lipinski definition) is 3. The Bertz CT molecular complexity index is 1550. The largest absolute Gasteiger partial charge is 0.507 e. The van der Waals surface area contributed by atoms with E-state index in [1.54, 1.807) is 19.9 Å². The van der Waals surface area contributed by atoms with Crippen LogP contribution in [0.5, 0.6) is 17.2 Å². The molecular formula is C33H38O9. The summed E-state index contributed by atoms with van der Waals surface area (Å²) >= 11 is 0. The molecule has 3 aliphatic carbocycles. The van der Waals surface area contributed by atoms with Crippen molar-refractivity contribution in [1.82, 2.24) is 0 Å². The molecule has 6 aliphatic rings. The highest BCUT2D eigenvalue weighted by molar-refractivity contribution is 6.18. The summed E-state index contributed by atoms with van der Waals surface area (Å²) in [7, 11) is 0. The summed E-state index contributed by atoms with van der Waals surface area (Å²) in [5, 5.41) is 31.9. The number of aromatic hydroxyl groups is 1. The van der Waals surface area contributed by atoms with Crippen LogP contribution in [0, 0.1) is 11.8 Å². The summed E-state index contributed by atoms with van der Waals surface area (Å²) < 4.78 is 19.9. The van der Waals surface area contributed by atoms with Gasteiger partial charge in [0.1, 0.15) is 28.9 Å². The number of hydrogen-bond acceptors (Lipinski definition) is 8. The number of Topliss-reactive ketones (excluding diaryl/α,β-unsaturated/α-hetero) is 2. The number of allylic oxidation sites excluding steroid dienone is 3. The number of ketones is 2. The van der Waals surface area contributed by atoms with Crippen LogP contribution in [-0.4, -0.2) is 61.4 Å². The molecule has 1 unspecified atom stereocenters. The van der Waals surface area contributed by atoms with Crippen LogP contribution in [0.25, 0.3) is 0 Å². The Labute approximate surface area is 244 Å². The highest BCUT2D eigenvalue weighted by Gasteiger charge is 2.81. The molecule has 0 amide bonds. The number of fused-ring (bicyclic) bond motifs is 2. The normalized spacial score (nSPS) is 32.0. The Morgan fingerprint density at radius 3 is 2.45 bits per heavy atom. The standard InChI is InChI=1S/C33H38O9/c1-15(2)8-9-18-26-19(14-22(40-26)30(4,5)39)24(34)23-25(35)20-12-17-13-21-31(6,7)42-32(28(17)36,11-10-16(3)29(37)38)33(20,21)41-27(18)23/h8,10,12,17,21-22,34,39H,9,11,13-14H2,1-7H3,(H,37,38)/b16-10-/t17-,21+,22?,32+,33-/m0/s1. The monoisotopic (exact) mass is 578 g/mol. The first-order valence-electron chi connectivity index (χ1n) is 14.5. The number of aliphatic hydroxyl groups is 1. The van der Waals surface area contributed by atoms with Crippen LogP contribution >= 0.6 is 0 Å². The Morgan fingerprint density at radius 1 is 1.14 bits per heavy atom. The van der Waals surface area contributed by atoms with Gasteiger partial charge in [-0.25, -0.2) is 4.79 Å². The van der Waals surface area contributed by atoms with Crippen molar-refractivity contribution in [3.05, 3.63) is 51.6 Å². The molecule has 4 bridgehead atoms. The number of rotatable bonds is 6. The lowest BCUT2D eigenvalue weighted by atomic mass is 9.51. The number of phenolic OH excluding ortho intramolecular Hbond substituents is 1. The topological polar surface area (TPSA) is 140 Å². The summed E-state index contributed by atoms with van der Waals surface area (Å²) in [5.41, 5.74) is -2.92. The zero-order valence-electron chi connectivity index (χ0n) is 25.1. The van der Waals surface area contributed by atoms with Crippen molar-refractivity contribution in [3.8, 4) is 17.2 Å². The minimum absolute atomic E-state index is 0.0207. The van der Waals surface area contributed by atoms with Gasteiger partial charge in [0.15, 0.2) is 22.8 Å². The van der Waals surface area contributed by atoms with Crippen LogP contribution < -0.4 is 9.47 Å². The Balaban J connectivity index is 1.62. The molecule has 0 radical (unpaired) electrons. The van der Waals surface area contributed by atoms with Crippen LogP contribution in [0.3, 0.4) is 0 Å². The number of aliphatic carboxylic acids is 1. The second-order valence-corrected chi connectivity index (χ2v) is 13.7. The molecule has 5 atom stereocenters. The summed E-state index contributed by atoms with van der Waals surface area (Å²) in [6.45, 7) is 12.4. The summed E-state index contributed by atoms with van der Waals surface area (Å²) in [4.78, 5) is 40.4. The van der Waals surface area contributed by atoms with E-state index in [1.165, 1.54) is 13.0 Å². The van der Waals surface area contributed by atoms with Crippen LogP contribution in [0.15, 0.2) is 34.9 Å². The van der Waals surface area contributed by atoms with E-state index in [0.29, 0.717) is 29.7 Å². The van der Waals surface area contributed by atoms with Gasteiger partial charge >= 0.3 is 5.97 Å². The van der Waals surface area contributed by atoms with E-state index in [1.807, 2.05) is 33.8 Å². The van der Waals surface area contributed by atoms with E-state index in [9.17, 15) is 29.7 Å².